The number of aromatic nitrogens is 18. The monoisotopic (exact) mass is 1480 g/mol. The van der Waals surface area contributed by atoms with Crippen molar-refractivity contribution in [2.24, 2.45) is 28.2 Å². The molecular weight excluding hydrogens is 1400 g/mol. The largest absolute Gasteiger partial charge is 0.496 e. The van der Waals surface area contributed by atoms with Gasteiger partial charge in [-0.05, 0) is 188 Å². The standard InChI is InChI=1S/2C22H24N8O2.C13H14N2O3.C9H9BrO3.C4H7BN2O2/c2*1-13(2)30-21(26-27-28-30)18-7-6-8-20(24-18)25-22(31)17-10-16(14(3)9-19(17)32-5)15-11-23-29(4)12-15;1-8-4-12(18-3)11(13(16)17)5-10(8)9-6-14-15(2)7-9;1-5-3-8(13-2)6(9(11)12)4-7(5)10;1-7-3-4(2-6-7)5(8)9/h2*6-13H,1-5H3,(H,24,25,31);4-7H,1-3H3,(H,16,17);3-4H,1-2H3,(H,11,12);2-3,8-9H,1H3. The summed E-state index contributed by atoms with van der Waals surface area (Å²) in [6.07, 6.45) is 13.8. The van der Waals surface area contributed by atoms with E-state index in [0.717, 1.165) is 60.1 Å². The van der Waals surface area contributed by atoms with E-state index in [-0.39, 0.29) is 35.0 Å². The maximum atomic E-state index is 13.2. The normalized spacial score (nSPS) is 10.7. The predicted molar refractivity (Wildman–Crippen MR) is 391 cm³/mol. The van der Waals surface area contributed by atoms with E-state index >= 15 is 0 Å². The zero-order valence-corrected chi connectivity index (χ0v) is 61.5. The molecule has 0 saturated heterocycles. The summed E-state index contributed by atoms with van der Waals surface area (Å²) in [7, 11) is 11.8. The molecule has 0 saturated carbocycles. The van der Waals surface area contributed by atoms with Gasteiger partial charge >= 0.3 is 19.1 Å². The highest BCUT2D eigenvalue weighted by molar-refractivity contribution is 9.10. The van der Waals surface area contributed by atoms with Gasteiger partial charge in [0.2, 0.25) is 11.6 Å². The van der Waals surface area contributed by atoms with Gasteiger partial charge in [0.15, 0.2) is 0 Å². The number of pyridine rings is 2. The van der Waals surface area contributed by atoms with Gasteiger partial charge in [0, 0.05) is 85.8 Å². The Bertz CT molecular complexity index is 4820. The fourth-order valence-corrected chi connectivity index (χ4v) is 10.6. The van der Waals surface area contributed by atoms with Gasteiger partial charge in [-0.3, -0.25) is 28.3 Å². The first-order valence-corrected chi connectivity index (χ1v) is 32.6. The minimum atomic E-state index is -1.40. The van der Waals surface area contributed by atoms with Crippen molar-refractivity contribution in [3.05, 3.63) is 183 Å². The Morgan fingerprint density at radius 1 is 0.471 bits per heavy atom. The van der Waals surface area contributed by atoms with Crippen LogP contribution in [0.15, 0.2) is 139 Å². The van der Waals surface area contributed by atoms with E-state index in [2.05, 4.69) is 88.0 Å². The summed E-state index contributed by atoms with van der Waals surface area (Å²) >= 11 is 3.26. The van der Waals surface area contributed by atoms with Crippen molar-refractivity contribution in [3.8, 4) is 79.4 Å². The van der Waals surface area contributed by atoms with E-state index < -0.39 is 19.1 Å². The molecule has 540 valence electrons. The number of aryl methyl sites for hydroxylation is 8. The first-order chi connectivity index (χ1) is 49.5. The van der Waals surface area contributed by atoms with Crippen molar-refractivity contribution >= 4 is 63.9 Å². The smallest absolute Gasteiger partial charge is 0.491 e. The zero-order chi connectivity index (χ0) is 75.8. The zero-order valence-electron chi connectivity index (χ0n) is 59.9. The van der Waals surface area contributed by atoms with E-state index in [1.165, 1.54) is 31.2 Å². The highest BCUT2D eigenvalue weighted by Gasteiger charge is 2.23. The summed E-state index contributed by atoms with van der Waals surface area (Å²) < 4.78 is 31.7. The van der Waals surface area contributed by atoms with Crippen LogP contribution in [0.2, 0.25) is 0 Å². The van der Waals surface area contributed by atoms with Gasteiger partial charge in [0.25, 0.3) is 11.8 Å². The second-order valence-electron chi connectivity index (χ2n) is 23.8. The molecule has 104 heavy (non-hydrogen) atoms. The van der Waals surface area contributed by atoms with Crippen LogP contribution in [0.4, 0.5) is 11.6 Å². The molecule has 12 rings (SSSR count). The summed E-state index contributed by atoms with van der Waals surface area (Å²) in [6, 6.07) is 24.6. The van der Waals surface area contributed by atoms with Crippen LogP contribution < -0.4 is 35.0 Å². The lowest BCUT2D eigenvalue weighted by atomic mass is 9.83. The third kappa shape index (κ3) is 19.2. The Hall–Kier alpha value is -12.3. The fourth-order valence-electron chi connectivity index (χ4n) is 10.3. The molecule has 6 N–H and O–H groups in total. The van der Waals surface area contributed by atoms with Crippen molar-refractivity contribution < 1.29 is 58.4 Å². The summed E-state index contributed by atoms with van der Waals surface area (Å²) in [6.45, 7) is 15.6. The molecule has 0 aliphatic rings. The van der Waals surface area contributed by atoms with Crippen LogP contribution in [0, 0.1) is 27.7 Å². The molecule has 0 bridgehead atoms. The number of carbonyl (C=O) groups is 4. The Balaban J connectivity index is 0.000000176. The van der Waals surface area contributed by atoms with Crippen molar-refractivity contribution in [1.29, 1.82) is 0 Å². The Labute approximate surface area is 606 Å². The number of amides is 2. The highest BCUT2D eigenvalue weighted by atomic mass is 79.9. The van der Waals surface area contributed by atoms with Crippen LogP contribution in [-0.2, 0) is 28.2 Å². The lowest BCUT2D eigenvalue weighted by Crippen LogP contribution is -2.28. The molecular formula is C70H78BBrN20O12. The van der Waals surface area contributed by atoms with Gasteiger partial charge in [-0.2, -0.15) is 20.4 Å². The number of tetrazole rings is 2. The number of hydrogen-bond acceptors (Lipinski definition) is 22. The molecule has 34 heteroatoms. The number of carboxylic acid groups (broad SMARTS) is 2. The number of hydrogen-bond donors (Lipinski definition) is 6. The predicted octanol–water partition coefficient (Wildman–Crippen LogP) is 9.24. The average Bonchev–Trinajstić information content (AvgIpc) is 1.40. The van der Waals surface area contributed by atoms with E-state index in [9.17, 15) is 19.2 Å². The third-order valence-electron chi connectivity index (χ3n) is 15.5. The van der Waals surface area contributed by atoms with Crippen molar-refractivity contribution in [2.75, 3.05) is 39.1 Å². The van der Waals surface area contributed by atoms with Gasteiger partial charge in [-0.15, -0.1) is 10.2 Å². The van der Waals surface area contributed by atoms with Crippen LogP contribution in [0.3, 0.4) is 0 Å². The molecule has 0 unspecified atom stereocenters. The number of anilines is 2. The van der Waals surface area contributed by atoms with Crippen LogP contribution in [0.5, 0.6) is 23.0 Å². The number of carbonyl (C=O) groups excluding carboxylic acids is 2. The van der Waals surface area contributed by atoms with Crippen LogP contribution in [0.25, 0.3) is 56.4 Å². The molecule has 8 heterocycles. The van der Waals surface area contributed by atoms with Crippen molar-refractivity contribution in [1.82, 2.24) is 89.5 Å². The lowest BCUT2D eigenvalue weighted by molar-refractivity contribution is 0.0682. The Morgan fingerprint density at radius 3 is 1.12 bits per heavy atom. The van der Waals surface area contributed by atoms with Gasteiger partial charge in [0.05, 0.1) is 70.2 Å². The first-order valence-electron chi connectivity index (χ1n) is 31.8. The minimum absolute atomic E-state index is 0.0720. The van der Waals surface area contributed by atoms with Crippen LogP contribution in [0.1, 0.15) is 103 Å². The quantitative estimate of drug-likeness (QED) is 0.0436. The fraction of sp³-hybridized carbons (Fsp3) is 0.257. The molecule has 0 fully saturated rings. The summed E-state index contributed by atoms with van der Waals surface area (Å²) in [5.74, 6) is 0.883. The molecule has 8 aromatic heterocycles. The number of rotatable bonds is 18. The molecule has 0 spiro atoms. The number of nitrogens with zero attached hydrogens (tertiary/aromatic N) is 18. The van der Waals surface area contributed by atoms with Crippen LogP contribution >= 0.6 is 15.9 Å². The SMILES string of the molecule is COc1cc(C)c(-c2cnn(C)c2)cc1C(=O)Nc1cccc(-c2nnnn2C(C)C)n1.COc1cc(C)c(-c2cnn(C)c2)cc1C(=O)Nc1cccc(-c2nnnn2C(C)C)n1.COc1cc(C)c(-c2cnn(C)c2)cc1C(=O)O.COc1cc(C)c(Br)cc1C(=O)O.Cn1cc(B(O)O)cn1. The maximum Gasteiger partial charge on any atom is 0.491 e. The summed E-state index contributed by atoms with van der Waals surface area (Å²) in [5.41, 5.74) is 11.9. The van der Waals surface area contributed by atoms with Crippen molar-refractivity contribution in [3.63, 3.8) is 0 Å². The molecule has 0 aliphatic carbocycles. The summed E-state index contributed by atoms with van der Waals surface area (Å²) in [4.78, 5) is 57.3. The average molecular weight is 1480 g/mol. The number of methoxy groups -OCH3 is 4. The third-order valence-corrected chi connectivity index (χ3v) is 16.4. The van der Waals surface area contributed by atoms with Gasteiger partial charge in [0.1, 0.15) is 57.1 Å². The van der Waals surface area contributed by atoms with E-state index in [0.29, 0.717) is 74.3 Å². The van der Waals surface area contributed by atoms with Crippen LogP contribution in [-0.4, -0.2) is 169 Å². The number of carboxylic acids is 2. The first kappa shape index (κ1) is 77.4. The molecule has 2 amide bonds. The van der Waals surface area contributed by atoms with Crippen molar-refractivity contribution in [2.45, 2.75) is 67.5 Å². The Kier molecular flexibility index (Phi) is 26.0. The number of halogens is 1. The lowest BCUT2D eigenvalue weighted by Gasteiger charge is -2.13. The molecule has 12 aromatic rings. The number of ether oxygens (including phenoxy) is 4. The number of nitrogens with one attached hydrogen (secondary N) is 2. The second kappa shape index (κ2) is 34.9. The van der Waals surface area contributed by atoms with E-state index in [1.807, 2.05) is 119 Å². The van der Waals surface area contributed by atoms with E-state index in [4.69, 9.17) is 39.2 Å². The number of benzene rings is 4. The summed E-state index contributed by atoms with van der Waals surface area (Å²) in [5, 5.41) is 80.7. The van der Waals surface area contributed by atoms with Gasteiger partial charge in [-0.25, -0.2) is 28.9 Å². The molecule has 0 radical (unpaired) electrons. The molecule has 0 aliphatic heterocycles. The Morgan fingerprint density at radius 2 is 0.808 bits per heavy atom. The maximum absolute atomic E-state index is 13.2. The van der Waals surface area contributed by atoms with Gasteiger partial charge in [-0.1, -0.05) is 28.1 Å². The molecule has 32 nitrogen and oxygen atoms in total. The van der Waals surface area contributed by atoms with E-state index in [1.54, 1.807) is 124 Å². The minimum Gasteiger partial charge on any atom is -0.496 e. The second-order valence-corrected chi connectivity index (χ2v) is 24.7. The topological polar surface area (TPSA) is 394 Å². The molecule has 4 aromatic carbocycles. The highest BCUT2D eigenvalue weighted by Crippen LogP contribution is 2.35. The number of aromatic carboxylic acids is 2. The molecule has 0 atom stereocenters. The van der Waals surface area contributed by atoms with Gasteiger partial charge < -0.3 is 49.8 Å².